The molecule has 0 aliphatic rings. The molecule has 1 aromatic carbocycles. The van der Waals surface area contributed by atoms with Gasteiger partial charge in [-0.15, -0.1) is 5.10 Å². The monoisotopic (exact) mass is 442 g/mol. The van der Waals surface area contributed by atoms with Crippen molar-refractivity contribution in [1.29, 1.82) is 0 Å². The molecule has 3 aromatic rings. The number of nitrogens with two attached hydrogens (primary N) is 1. The molecule has 0 aliphatic carbocycles. The number of anilines is 1. The molecule has 3 rings (SSSR count). The summed E-state index contributed by atoms with van der Waals surface area (Å²) < 4.78 is 5.95. The Morgan fingerprint density at radius 1 is 1.25 bits per heavy atom. The fourth-order valence-electron chi connectivity index (χ4n) is 2.83. The molecule has 14 nitrogen and oxygen atoms in total. The zero-order valence-electron chi connectivity index (χ0n) is 17.5. The van der Waals surface area contributed by atoms with Gasteiger partial charge < -0.3 is 5.73 Å². The normalized spacial score (nSPS) is 10.8. The zero-order valence-corrected chi connectivity index (χ0v) is 17.5. The highest BCUT2D eigenvalue weighted by atomic mass is 16.6. The maximum atomic E-state index is 12.8. The predicted octanol–water partition coefficient (Wildman–Crippen LogP) is 0.888. The van der Waals surface area contributed by atoms with Crippen molar-refractivity contribution in [2.45, 2.75) is 20.4 Å². The van der Waals surface area contributed by atoms with Crippen LogP contribution >= 0.6 is 0 Å². The van der Waals surface area contributed by atoms with Gasteiger partial charge in [0.25, 0.3) is 11.6 Å². The van der Waals surface area contributed by atoms with Gasteiger partial charge in [0.15, 0.2) is 5.69 Å². The Labute approximate surface area is 182 Å². The summed E-state index contributed by atoms with van der Waals surface area (Å²) in [6.07, 6.45) is 0. The van der Waals surface area contributed by atoms with Gasteiger partial charge in [0.1, 0.15) is 0 Å². The van der Waals surface area contributed by atoms with Crippen LogP contribution in [0.5, 0.6) is 0 Å². The van der Waals surface area contributed by atoms with Crippen LogP contribution in [0.1, 0.15) is 35.6 Å². The van der Waals surface area contributed by atoms with E-state index in [2.05, 4.69) is 47.6 Å². The number of hydrazine groups is 1. The van der Waals surface area contributed by atoms with Crippen molar-refractivity contribution in [3.05, 3.63) is 57.9 Å². The van der Waals surface area contributed by atoms with E-state index in [4.69, 9.17) is 5.73 Å². The van der Waals surface area contributed by atoms with E-state index in [9.17, 15) is 14.9 Å². The second-order valence-electron chi connectivity index (χ2n) is 6.59. The molecule has 2 heterocycles. The summed E-state index contributed by atoms with van der Waals surface area (Å²) in [4.78, 5) is 25.2. The molecule has 1 amide bonds. The SMILES string of the molecule is C=C(NNC(=O)c1nnn(-c2nonc2N)c1CN(CC)CC)c1ccc([N+](=O)[O-])cc1. The number of benzene rings is 1. The van der Waals surface area contributed by atoms with Crippen molar-refractivity contribution in [2.75, 3.05) is 18.8 Å². The van der Waals surface area contributed by atoms with E-state index in [1.54, 1.807) is 0 Å². The highest BCUT2D eigenvalue weighted by molar-refractivity contribution is 5.93. The first-order chi connectivity index (χ1) is 15.3. The van der Waals surface area contributed by atoms with Crippen molar-refractivity contribution >= 4 is 23.1 Å². The summed E-state index contributed by atoms with van der Waals surface area (Å²) in [7, 11) is 0. The third-order valence-electron chi connectivity index (χ3n) is 4.70. The second-order valence-corrected chi connectivity index (χ2v) is 6.59. The molecule has 0 atom stereocenters. The summed E-state index contributed by atoms with van der Waals surface area (Å²) >= 11 is 0. The molecule has 32 heavy (non-hydrogen) atoms. The summed E-state index contributed by atoms with van der Waals surface area (Å²) in [5, 5.41) is 26.0. The van der Waals surface area contributed by atoms with Gasteiger partial charge in [0.2, 0.25) is 11.6 Å². The first-order valence-electron chi connectivity index (χ1n) is 9.61. The summed E-state index contributed by atoms with van der Waals surface area (Å²) in [5.74, 6) is -0.439. The number of carbonyl (C=O) groups excluding carboxylic acids is 1. The number of nitro benzene ring substituents is 1. The number of carbonyl (C=O) groups is 1. The lowest BCUT2D eigenvalue weighted by Crippen LogP contribution is -2.37. The molecule has 168 valence electrons. The second kappa shape index (κ2) is 9.65. The third kappa shape index (κ3) is 4.70. The van der Waals surface area contributed by atoms with Gasteiger partial charge in [-0.2, -0.15) is 4.68 Å². The van der Waals surface area contributed by atoms with Crippen LogP contribution in [0.3, 0.4) is 0 Å². The van der Waals surface area contributed by atoms with E-state index < -0.39 is 10.8 Å². The van der Waals surface area contributed by atoms with E-state index in [1.165, 1.54) is 28.9 Å². The van der Waals surface area contributed by atoms with Crippen LogP contribution in [0.2, 0.25) is 0 Å². The third-order valence-corrected chi connectivity index (χ3v) is 4.70. The Balaban J connectivity index is 1.79. The molecule has 2 aromatic heterocycles. The topological polar surface area (TPSA) is 183 Å². The molecule has 0 saturated heterocycles. The number of rotatable bonds is 10. The molecule has 0 fully saturated rings. The summed E-state index contributed by atoms with van der Waals surface area (Å²) in [5.41, 5.74) is 12.3. The van der Waals surface area contributed by atoms with Crippen molar-refractivity contribution in [1.82, 2.24) is 41.1 Å². The Kier molecular flexibility index (Phi) is 6.74. The molecule has 4 N–H and O–H groups in total. The minimum atomic E-state index is -0.573. The first kappa shape index (κ1) is 22.4. The van der Waals surface area contributed by atoms with Crippen LogP contribution < -0.4 is 16.6 Å². The quantitative estimate of drug-likeness (QED) is 0.299. The highest BCUT2D eigenvalue weighted by Crippen LogP contribution is 2.18. The van der Waals surface area contributed by atoms with Gasteiger partial charge >= 0.3 is 0 Å². The number of nitrogens with one attached hydrogen (secondary N) is 2. The molecule has 0 aliphatic heterocycles. The molecule has 14 heteroatoms. The largest absolute Gasteiger partial charge is 0.378 e. The van der Waals surface area contributed by atoms with Gasteiger partial charge in [-0.1, -0.05) is 25.6 Å². The van der Waals surface area contributed by atoms with Crippen molar-refractivity contribution in [3.8, 4) is 5.82 Å². The standard InChI is InChI=1S/C18H22N10O4/c1-4-26(5-2)10-14-15(21-25-27(14)17-16(19)23-32-24-17)18(29)22-20-11(3)12-6-8-13(9-7-12)28(30)31/h6-9,20H,3-5,10H2,1-2H3,(H2,19,23)(H,22,29). The number of hydrogen-bond donors (Lipinski definition) is 3. The van der Waals surface area contributed by atoms with Gasteiger partial charge in [-0.25, -0.2) is 4.63 Å². The van der Waals surface area contributed by atoms with E-state index in [-0.39, 0.29) is 23.0 Å². The van der Waals surface area contributed by atoms with Gasteiger partial charge in [-0.3, -0.25) is 30.7 Å². The first-order valence-corrected chi connectivity index (χ1v) is 9.61. The number of nitrogen functional groups attached to an aromatic ring is 1. The summed E-state index contributed by atoms with van der Waals surface area (Å²) in [6.45, 7) is 9.60. The Morgan fingerprint density at radius 3 is 2.50 bits per heavy atom. The average Bonchev–Trinajstić information content (AvgIpc) is 3.40. The van der Waals surface area contributed by atoms with E-state index in [0.29, 0.717) is 23.5 Å². The maximum absolute atomic E-state index is 12.8. The Bertz CT molecular complexity index is 1120. The summed E-state index contributed by atoms with van der Waals surface area (Å²) in [6, 6.07) is 5.71. The molecule has 0 bridgehead atoms. The zero-order chi connectivity index (χ0) is 23.3. The van der Waals surface area contributed by atoms with Crippen LogP contribution in [0.4, 0.5) is 11.5 Å². The van der Waals surface area contributed by atoms with Crippen LogP contribution in [-0.4, -0.2) is 54.1 Å². The van der Waals surface area contributed by atoms with Crippen molar-refractivity contribution in [2.24, 2.45) is 0 Å². The minimum Gasteiger partial charge on any atom is -0.378 e. The van der Waals surface area contributed by atoms with Crippen LogP contribution in [-0.2, 0) is 6.54 Å². The van der Waals surface area contributed by atoms with Crippen LogP contribution in [0.15, 0.2) is 35.5 Å². The average molecular weight is 442 g/mol. The van der Waals surface area contributed by atoms with Crippen molar-refractivity contribution in [3.63, 3.8) is 0 Å². The lowest BCUT2D eigenvalue weighted by Gasteiger charge is -2.18. The maximum Gasteiger partial charge on any atom is 0.292 e. The van der Waals surface area contributed by atoms with E-state index in [1.807, 2.05) is 13.8 Å². The van der Waals surface area contributed by atoms with Gasteiger partial charge in [-0.05, 0) is 41.1 Å². The minimum absolute atomic E-state index is 0.00679. The fraction of sp³-hybridized carbons (Fsp3) is 0.278. The number of hydrogen-bond acceptors (Lipinski definition) is 11. The number of amides is 1. The van der Waals surface area contributed by atoms with Gasteiger partial charge in [0.05, 0.1) is 16.3 Å². The van der Waals surface area contributed by atoms with Crippen molar-refractivity contribution < 1.29 is 14.3 Å². The highest BCUT2D eigenvalue weighted by Gasteiger charge is 2.25. The molecule has 0 spiro atoms. The number of non-ortho nitro benzene ring substituents is 1. The number of nitro groups is 1. The van der Waals surface area contributed by atoms with Crippen LogP contribution in [0.25, 0.3) is 11.5 Å². The number of aromatic nitrogens is 5. The Hall–Kier alpha value is -4.33. The molecule has 0 radical (unpaired) electrons. The predicted molar refractivity (Wildman–Crippen MR) is 113 cm³/mol. The fourth-order valence-corrected chi connectivity index (χ4v) is 2.83. The number of nitrogens with zero attached hydrogens (tertiary/aromatic N) is 7. The van der Waals surface area contributed by atoms with Crippen LogP contribution in [0, 0.1) is 10.1 Å². The molecular weight excluding hydrogens is 420 g/mol. The Morgan fingerprint density at radius 2 is 1.94 bits per heavy atom. The molecule has 0 saturated carbocycles. The lowest BCUT2D eigenvalue weighted by molar-refractivity contribution is -0.384. The van der Waals surface area contributed by atoms with E-state index >= 15 is 0 Å². The lowest BCUT2D eigenvalue weighted by atomic mass is 10.1. The van der Waals surface area contributed by atoms with E-state index in [0.717, 1.165) is 13.1 Å². The van der Waals surface area contributed by atoms with Gasteiger partial charge in [0, 0.05) is 18.7 Å². The molecule has 0 unspecified atom stereocenters. The molecular formula is C18H22N10O4. The smallest absolute Gasteiger partial charge is 0.292 e.